The van der Waals surface area contributed by atoms with Gasteiger partial charge in [0.1, 0.15) is 0 Å². The van der Waals surface area contributed by atoms with Gasteiger partial charge in [-0.25, -0.2) is 5.43 Å². The number of thioether (sulfide) groups is 1. The molecule has 1 heterocycles. The van der Waals surface area contributed by atoms with E-state index in [9.17, 15) is 9.59 Å². The molecule has 1 aliphatic heterocycles. The van der Waals surface area contributed by atoms with Gasteiger partial charge in [-0.05, 0) is 29.0 Å². The Kier molecular flexibility index (Phi) is 6.22. The van der Waals surface area contributed by atoms with Gasteiger partial charge in [0.15, 0.2) is 5.17 Å². The third-order valence-corrected chi connectivity index (χ3v) is 4.79. The fraction of sp³-hybridized carbons (Fsp3) is 0.0952. The Hall–Kier alpha value is -3.12. The summed E-state index contributed by atoms with van der Waals surface area (Å²) < 4.78 is 0. The van der Waals surface area contributed by atoms with Crippen LogP contribution in [0, 0.1) is 0 Å². The highest BCUT2D eigenvalue weighted by Crippen LogP contribution is 2.32. The van der Waals surface area contributed by atoms with Gasteiger partial charge in [0.05, 0.1) is 11.3 Å². The summed E-state index contributed by atoms with van der Waals surface area (Å²) in [6.07, 6.45) is 3.67. The first-order valence-corrected chi connectivity index (χ1v) is 9.27. The van der Waals surface area contributed by atoms with Gasteiger partial charge in [-0.2, -0.15) is 0 Å². The lowest BCUT2D eigenvalue weighted by molar-refractivity contribution is -0.122. The second-order valence-corrected chi connectivity index (χ2v) is 6.83. The number of amidine groups is 1. The molecule has 27 heavy (non-hydrogen) atoms. The highest BCUT2D eigenvalue weighted by molar-refractivity contribution is 8.18. The van der Waals surface area contributed by atoms with Crippen molar-refractivity contribution >= 4 is 34.8 Å². The van der Waals surface area contributed by atoms with Gasteiger partial charge in [0.2, 0.25) is 5.91 Å². The number of hydrogen-bond acceptors (Lipinski definition) is 4. The number of carbonyl (C=O) groups excluding carboxylic acids is 2. The normalized spacial score (nSPS) is 16.7. The zero-order valence-electron chi connectivity index (χ0n) is 14.7. The first-order valence-electron chi connectivity index (χ1n) is 8.45. The number of hydrogen-bond donors (Lipinski definition) is 1. The van der Waals surface area contributed by atoms with Gasteiger partial charge >= 0.3 is 0 Å². The van der Waals surface area contributed by atoms with Gasteiger partial charge in [0, 0.05) is 6.54 Å². The predicted octanol–water partition coefficient (Wildman–Crippen LogP) is 3.42. The van der Waals surface area contributed by atoms with Crippen LogP contribution in [-0.4, -0.2) is 28.4 Å². The molecule has 1 saturated heterocycles. The molecule has 0 saturated carbocycles. The number of hydrazone groups is 1. The van der Waals surface area contributed by atoms with E-state index in [-0.39, 0.29) is 18.2 Å². The maximum atomic E-state index is 12.6. The maximum absolute atomic E-state index is 12.6. The van der Waals surface area contributed by atoms with Gasteiger partial charge < -0.3 is 0 Å². The van der Waals surface area contributed by atoms with Crippen LogP contribution in [0.2, 0.25) is 0 Å². The topological polar surface area (TPSA) is 61.8 Å². The van der Waals surface area contributed by atoms with E-state index >= 15 is 0 Å². The van der Waals surface area contributed by atoms with E-state index in [2.05, 4.69) is 17.1 Å². The molecule has 136 valence electrons. The summed E-state index contributed by atoms with van der Waals surface area (Å²) >= 11 is 1.23. The number of amides is 2. The molecule has 2 amide bonds. The zero-order valence-corrected chi connectivity index (χ0v) is 15.5. The Bertz CT molecular complexity index is 892. The quantitative estimate of drug-likeness (QED) is 0.477. The van der Waals surface area contributed by atoms with E-state index in [4.69, 9.17) is 0 Å². The van der Waals surface area contributed by atoms with Crippen molar-refractivity contribution < 1.29 is 9.59 Å². The molecule has 0 aliphatic carbocycles. The van der Waals surface area contributed by atoms with E-state index in [1.165, 1.54) is 16.7 Å². The number of rotatable bonds is 6. The summed E-state index contributed by atoms with van der Waals surface area (Å²) in [6, 6.07) is 19.0. The zero-order chi connectivity index (χ0) is 19.1. The van der Waals surface area contributed by atoms with Crippen LogP contribution in [0.4, 0.5) is 0 Å². The molecule has 2 aromatic carbocycles. The van der Waals surface area contributed by atoms with Gasteiger partial charge in [0.25, 0.3) is 5.91 Å². The molecule has 0 spiro atoms. The molecule has 5 nitrogen and oxygen atoms in total. The van der Waals surface area contributed by atoms with Crippen LogP contribution < -0.4 is 5.43 Å². The molecule has 0 atom stereocenters. The molecule has 6 heteroatoms. The third kappa shape index (κ3) is 4.95. The van der Waals surface area contributed by atoms with Crippen LogP contribution >= 0.6 is 11.8 Å². The van der Waals surface area contributed by atoms with E-state index in [1.54, 1.807) is 6.08 Å². The molecule has 1 aliphatic rings. The molecular weight excluding hydrogens is 358 g/mol. The summed E-state index contributed by atoms with van der Waals surface area (Å²) in [5.41, 5.74) is 4.37. The summed E-state index contributed by atoms with van der Waals surface area (Å²) in [4.78, 5) is 26.8. The Morgan fingerprint density at radius 2 is 1.78 bits per heavy atom. The Morgan fingerprint density at radius 1 is 1.11 bits per heavy atom. The van der Waals surface area contributed by atoms with Crippen LogP contribution in [0.3, 0.4) is 0 Å². The number of nitrogens with zero attached hydrogens (tertiary/aromatic N) is 2. The van der Waals surface area contributed by atoms with Crippen molar-refractivity contribution in [2.45, 2.75) is 6.42 Å². The summed E-state index contributed by atoms with van der Waals surface area (Å²) in [6.45, 7) is 4.01. The number of carbonyl (C=O) groups is 2. The van der Waals surface area contributed by atoms with Crippen molar-refractivity contribution in [1.82, 2.24) is 10.3 Å². The maximum Gasteiger partial charge on any atom is 0.267 e. The highest BCUT2D eigenvalue weighted by atomic mass is 32.2. The molecular formula is C21H19N3O2S. The molecule has 0 bridgehead atoms. The largest absolute Gasteiger partial charge is 0.281 e. The predicted molar refractivity (Wildman–Crippen MR) is 110 cm³/mol. The van der Waals surface area contributed by atoms with E-state index in [0.29, 0.717) is 16.6 Å². The number of nitrogens with one attached hydrogen (secondary N) is 1. The number of benzene rings is 2. The van der Waals surface area contributed by atoms with Crippen molar-refractivity contribution in [1.29, 1.82) is 0 Å². The summed E-state index contributed by atoms with van der Waals surface area (Å²) in [5, 5.41) is 4.59. The van der Waals surface area contributed by atoms with E-state index < -0.39 is 0 Å². The molecule has 1 N–H and O–H groups in total. The van der Waals surface area contributed by atoms with Crippen LogP contribution in [0.5, 0.6) is 0 Å². The van der Waals surface area contributed by atoms with Crippen molar-refractivity contribution in [3.05, 3.63) is 89.4 Å². The SMILES string of the molecule is C=CCN1C(=O)C(=Cc2ccccc2)SC1=NNC(=O)Cc1ccccc1. The van der Waals surface area contributed by atoms with Gasteiger partial charge in [-0.3, -0.25) is 14.5 Å². The lowest BCUT2D eigenvalue weighted by atomic mass is 10.1. The van der Waals surface area contributed by atoms with Crippen LogP contribution in [-0.2, 0) is 16.0 Å². The van der Waals surface area contributed by atoms with E-state index in [1.807, 2.05) is 66.7 Å². The second kappa shape index (κ2) is 9.00. The van der Waals surface area contributed by atoms with Gasteiger partial charge in [-0.1, -0.05) is 66.7 Å². The Morgan fingerprint density at radius 3 is 2.44 bits per heavy atom. The van der Waals surface area contributed by atoms with Crippen molar-refractivity contribution in [3.63, 3.8) is 0 Å². The van der Waals surface area contributed by atoms with E-state index in [0.717, 1.165) is 11.1 Å². The highest BCUT2D eigenvalue weighted by Gasteiger charge is 2.32. The Balaban J connectivity index is 1.73. The standard InChI is InChI=1S/C21H19N3O2S/c1-2-13-24-20(26)18(14-16-9-5-3-6-10-16)27-21(24)23-22-19(25)15-17-11-7-4-8-12-17/h2-12,14H,1,13,15H2,(H,22,25). The minimum absolute atomic E-state index is 0.153. The molecule has 0 unspecified atom stereocenters. The lowest BCUT2D eigenvalue weighted by Gasteiger charge is -2.12. The second-order valence-electron chi connectivity index (χ2n) is 5.82. The van der Waals surface area contributed by atoms with Crippen LogP contribution in [0.25, 0.3) is 6.08 Å². The minimum Gasteiger partial charge on any atom is -0.281 e. The third-order valence-electron chi connectivity index (χ3n) is 3.78. The molecule has 0 radical (unpaired) electrons. The van der Waals surface area contributed by atoms with Crippen molar-refractivity contribution in [3.8, 4) is 0 Å². The molecule has 3 rings (SSSR count). The fourth-order valence-electron chi connectivity index (χ4n) is 2.51. The average molecular weight is 377 g/mol. The Labute approximate surface area is 162 Å². The molecule has 0 aromatic heterocycles. The summed E-state index contributed by atoms with van der Waals surface area (Å²) in [5.74, 6) is -0.388. The summed E-state index contributed by atoms with van der Waals surface area (Å²) in [7, 11) is 0. The van der Waals surface area contributed by atoms with Crippen LogP contribution in [0.1, 0.15) is 11.1 Å². The molecule has 2 aromatic rings. The fourth-order valence-corrected chi connectivity index (χ4v) is 3.46. The van der Waals surface area contributed by atoms with Gasteiger partial charge in [-0.15, -0.1) is 11.7 Å². The average Bonchev–Trinajstić information content (AvgIpc) is 2.97. The van der Waals surface area contributed by atoms with Crippen molar-refractivity contribution in [2.75, 3.05) is 6.54 Å². The first kappa shape index (κ1) is 18.7. The first-order chi connectivity index (χ1) is 13.2. The van der Waals surface area contributed by atoms with Crippen LogP contribution in [0.15, 0.2) is 83.3 Å². The smallest absolute Gasteiger partial charge is 0.267 e. The van der Waals surface area contributed by atoms with Crippen molar-refractivity contribution in [2.24, 2.45) is 5.10 Å². The monoisotopic (exact) mass is 377 g/mol. The molecule has 1 fully saturated rings. The lowest BCUT2D eigenvalue weighted by Crippen LogP contribution is -2.31. The minimum atomic E-state index is -0.235.